The summed E-state index contributed by atoms with van der Waals surface area (Å²) in [6, 6.07) is 6.36. The lowest BCUT2D eigenvalue weighted by Crippen LogP contribution is -2.74. The van der Waals surface area contributed by atoms with Crippen molar-refractivity contribution in [2.24, 2.45) is 5.41 Å². The number of nitriles is 1. The van der Waals surface area contributed by atoms with E-state index in [1.165, 1.54) is 12.1 Å². The van der Waals surface area contributed by atoms with Gasteiger partial charge >= 0.3 is 6.18 Å². The molecule has 1 amide bonds. The molecule has 1 aromatic rings. The van der Waals surface area contributed by atoms with Crippen LogP contribution in [0.2, 0.25) is 0 Å². The molecule has 3 saturated carbocycles. The fourth-order valence-corrected chi connectivity index (χ4v) is 3.16. The van der Waals surface area contributed by atoms with Crippen molar-refractivity contribution in [3.8, 4) is 6.07 Å². The van der Waals surface area contributed by atoms with Gasteiger partial charge in [0.2, 0.25) is 0 Å². The summed E-state index contributed by atoms with van der Waals surface area (Å²) in [5, 5.41) is 11.7. The van der Waals surface area contributed by atoms with Gasteiger partial charge in [0, 0.05) is 11.1 Å². The predicted octanol–water partition coefficient (Wildman–Crippen LogP) is 2.88. The molecule has 0 saturated heterocycles. The van der Waals surface area contributed by atoms with Gasteiger partial charge in [0.1, 0.15) is 0 Å². The predicted molar refractivity (Wildman–Crippen MR) is 63.5 cm³/mol. The Hall–Kier alpha value is -2.03. The van der Waals surface area contributed by atoms with Gasteiger partial charge in [-0.25, -0.2) is 0 Å². The van der Waals surface area contributed by atoms with Crippen molar-refractivity contribution in [3.63, 3.8) is 0 Å². The molecule has 1 aromatic carbocycles. The van der Waals surface area contributed by atoms with Crippen molar-refractivity contribution < 1.29 is 18.0 Å². The van der Waals surface area contributed by atoms with Gasteiger partial charge < -0.3 is 5.32 Å². The number of carbonyl (C=O) groups excluding carboxylic acids is 1. The van der Waals surface area contributed by atoms with E-state index in [1.54, 1.807) is 0 Å². The van der Waals surface area contributed by atoms with E-state index in [1.807, 2.05) is 0 Å². The standard InChI is InChI=1S/C14H11F3N2O/c15-14(16,17)10-3-1-9(2-4-10)11(20)19-13-5-12(6-13,7-13)8-18/h1-4H,5-7H2,(H,19,20). The van der Waals surface area contributed by atoms with Gasteiger partial charge in [0.05, 0.1) is 17.0 Å². The topological polar surface area (TPSA) is 52.9 Å². The first-order valence-electron chi connectivity index (χ1n) is 6.19. The molecule has 2 bridgehead atoms. The van der Waals surface area contributed by atoms with Crippen molar-refractivity contribution >= 4 is 5.91 Å². The van der Waals surface area contributed by atoms with E-state index in [0.29, 0.717) is 19.3 Å². The molecular weight excluding hydrogens is 269 g/mol. The lowest BCUT2D eigenvalue weighted by molar-refractivity contribution is -0.137. The highest BCUT2D eigenvalue weighted by molar-refractivity contribution is 5.95. The molecule has 0 radical (unpaired) electrons. The maximum absolute atomic E-state index is 12.4. The first kappa shape index (κ1) is 13.0. The SMILES string of the molecule is N#CC12CC(NC(=O)c3ccc(C(F)(F)F)cc3)(C1)C2. The zero-order valence-corrected chi connectivity index (χ0v) is 10.4. The molecule has 1 N–H and O–H groups in total. The summed E-state index contributed by atoms with van der Waals surface area (Å²) in [7, 11) is 0. The Bertz CT molecular complexity index is 593. The third-order valence-electron chi connectivity index (χ3n) is 4.12. The summed E-state index contributed by atoms with van der Waals surface area (Å²) in [5.41, 5.74) is -1.15. The maximum Gasteiger partial charge on any atom is 0.416 e. The van der Waals surface area contributed by atoms with Gasteiger partial charge in [0.15, 0.2) is 0 Å². The molecule has 6 heteroatoms. The molecule has 3 nitrogen and oxygen atoms in total. The lowest BCUT2D eigenvalue weighted by atomic mass is 9.40. The summed E-state index contributed by atoms with van der Waals surface area (Å²) < 4.78 is 37.2. The number of nitrogens with zero attached hydrogens (tertiary/aromatic N) is 1. The molecule has 0 unspecified atom stereocenters. The van der Waals surface area contributed by atoms with E-state index in [2.05, 4.69) is 11.4 Å². The number of amides is 1. The summed E-state index contributed by atoms with van der Waals surface area (Å²) in [4.78, 5) is 12.0. The molecule has 0 heterocycles. The number of halogens is 3. The van der Waals surface area contributed by atoms with Gasteiger partial charge in [-0.3, -0.25) is 4.79 Å². The van der Waals surface area contributed by atoms with Crippen LogP contribution < -0.4 is 5.32 Å². The van der Waals surface area contributed by atoms with E-state index < -0.39 is 11.7 Å². The first-order chi connectivity index (χ1) is 9.28. The Morgan fingerprint density at radius 1 is 1.20 bits per heavy atom. The minimum Gasteiger partial charge on any atom is -0.346 e. The highest BCUT2D eigenvalue weighted by Crippen LogP contribution is 2.66. The van der Waals surface area contributed by atoms with Crippen LogP contribution in [0.15, 0.2) is 24.3 Å². The Morgan fingerprint density at radius 3 is 2.20 bits per heavy atom. The van der Waals surface area contributed by atoms with Crippen molar-refractivity contribution in [3.05, 3.63) is 35.4 Å². The number of hydrogen-bond acceptors (Lipinski definition) is 2. The van der Waals surface area contributed by atoms with Crippen LogP contribution in [0.1, 0.15) is 35.2 Å². The summed E-state index contributed by atoms with van der Waals surface area (Å²) in [6.45, 7) is 0. The molecule has 4 rings (SSSR count). The molecule has 0 aromatic heterocycles. The Morgan fingerprint density at radius 2 is 1.75 bits per heavy atom. The first-order valence-corrected chi connectivity index (χ1v) is 6.19. The summed E-state index contributed by atoms with van der Waals surface area (Å²) in [5.74, 6) is -0.384. The van der Waals surface area contributed by atoms with Crippen LogP contribution in [-0.4, -0.2) is 11.4 Å². The van der Waals surface area contributed by atoms with Crippen LogP contribution in [0.5, 0.6) is 0 Å². The molecule has 0 spiro atoms. The Balaban J connectivity index is 1.66. The van der Waals surface area contributed by atoms with Crippen molar-refractivity contribution in [1.82, 2.24) is 5.32 Å². The van der Waals surface area contributed by atoms with Crippen molar-refractivity contribution in [1.29, 1.82) is 5.26 Å². The van der Waals surface area contributed by atoms with E-state index in [0.717, 1.165) is 12.1 Å². The third kappa shape index (κ3) is 1.85. The minimum atomic E-state index is -4.40. The third-order valence-corrected chi connectivity index (χ3v) is 4.12. The van der Waals surface area contributed by atoms with Crippen LogP contribution in [0.25, 0.3) is 0 Å². The fourth-order valence-electron chi connectivity index (χ4n) is 3.16. The van der Waals surface area contributed by atoms with Crippen LogP contribution in [0.4, 0.5) is 13.2 Å². The van der Waals surface area contributed by atoms with Crippen LogP contribution >= 0.6 is 0 Å². The normalized spacial score (nSPS) is 30.7. The number of benzene rings is 1. The van der Waals surface area contributed by atoms with Gasteiger partial charge in [-0.05, 0) is 43.5 Å². The number of alkyl halides is 3. The van der Waals surface area contributed by atoms with Crippen molar-refractivity contribution in [2.75, 3.05) is 0 Å². The highest BCUT2D eigenvalue weighted by Gasteiger charge is 2.69. The second kappa shape index (κ2) is 3.75. The van der Waals surface area contributed by atoms with Gasteiger partial charge in [0.25, 0.3) is 5.91 Å². The largest absolute Gasteiger partial charge is 0.416 e. The molecule has 20 heavy (non-hydrogen) atoms. The number of rotatable bonds is 2. The Kier molecular flexibility index (Phi) is 2.43. The van der Waals surface area contributed by atoms with Crippen LogP contribution in [0.3, 0.4) is 0 Å². The lowest BCUT2D eigenvalue weighted by Gasteiger charge is -2.66. The zero-order chi connectivity index (χ0) is 14.6. The number of hydrogen-bond donors (Lipinski definition) is 1. The van der Waals surface area contributed by atoms with E-state index in [-0.39, 0.29) is 22.4 Å². The number of nitrogens with one attached hydrogen (secondary N) is 1. The average Bonchev–Trinajstić information content (AvgIpc) is 2.30. The van der Waals surface area contributed by atoms with Crippen LogP contribution in [-0.2, 0) is 6.18 Å². The monoisotopic (exact) mass is 280 g/mol. The summed E-state index contributed by atoms with van der Waals surface area (Å²) >= 11 is 0. The molecule has 3 fully saturated rings. The van der Waals surface area contributed by atoms with Gasteiger partial charge in [-0.1, -0.05) is 0 Å². The van der Waals surface area contributed by atoms with E-state index >= 15 is 0 Å². The van der Waals surface area contributed by atoms with Crippen molar-refractivity contribution in [2.45, 2.75) is 31.0 Å². The zero-order valence-electron chi connectivity index (χ0n) is 10.4. The van der Waals surface area contributed by atoms with Crippen LogP contribution in [0, 0.1) is 16.7 Å². The molecule has 0 aliphatic heterocycles. The highest BCUT2D eigenvalue weighted by atomic mass is 19.4. The Labute approximate surface area is 113 Å². The second-order valence-electron chi connectivity index (χ2n) is 5.73. The van der Waals surface area contributed by atoms with E-state index in [4.69, 9.17) is 5.26 Å². The number of carbonyl (C=O) groups is 1. The molecule has 104 valence electrons. The smallest absolute Gasteiger partial charge is 0.346 e. The molecular formula is C14H11F3N2O. The van der Waals surface area contributed by atoms with Gasteiger partial charge in [-0.2, -0.15) is 18.4 Å². The fraction of sp³-hybridized carbons (Fsp3) is 0.429. The maximum atomic E-state index is 12.4. The van der Waals surface area contributed by atoms with E-state index in [9.17, 15) is 18.0 Å². The summed E-state index contributed by atoms with van der Waals surface area (Å²) in [6.07, 6.45) is -2.48. The second-order valence-corrected chi connectivity index (χ2v) is 5.73. The molecule has 3 aliphatic rings. The molecule has 3 aliphatic carbocycles. The minimum absolute atomic E-state index is 0.203. The average molecular weight is 280 g/mol. The molecule has 0 atom stereocenters. The quantitative estimate of drug-likeness (QED) is 0.905. The van der Waals surface area contributed by atoms with Gasteiger partial charge in [-0.15, -0.1) is 0 Å².